The fraction of sp³-hybridized carbons (Fsp3) is 0.107. The quantitative estimate of drug-likeness (QED) is 0.305. The average molecular weight is 464 g/mol. The normalized spacial score (nSPS) is 13.2. The minimum Gasteiger partial charge on any atom is -0.355 e. The molecule has 0 atom stereocenters. The number of thiophene rings is 1. The first-order valence-corrected chi connectivity index (χ1v) is 11.9. The van der Waals surface area contributed by atoms with Crippen molar-refractivity contribution in [2.45, 2.75) is 20.4 Å². The molecule has 0 unspecified atom stereocenters. The molecule has 166 valence electrons. The molecule has 0 saturated heterocycles. The van der Waals surface area contributed by atoms with Gasteiger partial charge in [-0.05, 0) is 72.8 Å². The van der Waals surface area contributed by atoms with Crippen molar-refractivity contribution in [3.8, 4) is 0 Å². The van der Waals surface area contributed by atoms with Gasteiger partial charge in [-0.15, -0.1) is 11.3 Å². The van der Waals surface area contributed by atoms with Crippen LogP contribution in [0.15, 0.2) is 72.9 Å². The molecule has 6 rings (SSSR count). The zero-order valence-corrected chi connectivity index (χ0v) is 19.6. The molecule has 3 aromatic carbocycles. The molecule has 6 heteroatoms. The third kappa shape index (κ3) is 3.35. The molecule has 2 aromatic heterocycles. The van der Waals surface area contributed by atoms with Crippen molar-refractivity contribution in [1.82, 2.24) is 9.88 Å². The van der Waals surface area contributed by atoms with E-state index in [1.807, 2.05) is 37.4 Å². The van der Waals surface area contributed by atoms with Crippen LogP contribution in [0.4, 0.5) is 11.4 Å². The molecule has 1 aliphatic heterocycles. The zero-order valence-electron chi connectivity index (χ0n) is 18.8. The van der Waals surface area contributed by atoms with Gasteiger partial charge >= 0.3 is 0 Å². The number of carbonyl (C=O) groups excluding carboxylic acids is 2. The van der Waals surface area contributed by atoms with E-state index in [-0.39, 0.29) is 18.4 Å². The molecule has 0 bridgehead atoms. The highest BCUT2D eigenvalue weighted by Gasteiger charge is 2.35. The number of nitrogens with zero attached hydrogens (tertiary/aromatic N) is 2. The second-order valence-corrected chi connectivity index (χ2v) is 9.93. The lowest BCUT2D eigenvalue weighted by atomic mass is 10.1. The van der Waals surface area contributed by atoms with Crippen LogP contribution in [0.5, 0.6) is 0 Å². The number of hydrogen-bond donors (Lipinski definition) is 1. The van der Waals surface area contributed by atoms with E-state index in [9.17, 15) is 9.59 Å². The van der Waals surface area contributed by atoms with E-state index in [2.05, 4.69) is 35.4 Å². The highest BCUT2D eigenvalue weighted by atomic mass is 32.1. The molecule has 1 N–H and O–H groups in total. The summed E-state index contributed by atoms with van der Waals surface area (Å²) >= 11 is 1.78. The number of pyridine rings is 1. The van der Waals surface area contributed by atoms with E-state index in [1.165, 1.54) is 19.9 Å². The molecule has 3 heterocycles. The zero-order chi connectivity index (χ0) is 23.4. The van der Waals surface area contributed by atoms with Gasteiger partial charge in [0.15, 0.2) is 0 Å². The van der Waals surface area contributed by atoms with Crippen molar-refractivity contribution in [1.29, 1.82) is 0 Å². The van der Waals surface area contributed by atoms with E-state index < -0.39 is 0 Å². The van der Waals surface area contributed by atoms with E-state index >= 15 is 0 Å². The fourth-order valence-corrected chi connectivity index (χ4v) is 5.48. The summed E-state index contributed by atoms with van der Waals surface area (Å²) in [5, 5.41) is 5.83. The Morgan fingerprint density at radius 2 is 1.65 bits per heavy atom. The highest BCUT2D eigenvalue weighted by molar-refractivity contribution is 7.19. The van der Waals surface area contributed by atoms with Crippen molar-refractivity contribution in [3.63, 3.8) is 0 Å². The SMILES string of the molecule is Cc1cc2cc3nccc(Nc4cc(CN5C(=O)c6ccccc6C5=O)ccc4C)c3cc2s1. The van der Waals surface area contributed by atoms with E-state index in [4.69, 9.17) is 0 Å². The van der Waals surface area contributed by atoms with E-state index in [0.29, 0.717) is 11.1 Å². The van der Waals surface area contributed by atoms with Crippen LogP contribution in [0.25, 0.3) is 21.0 Å². The number of aromatic nitrogens is 1. The summed E-state index contributed by atoms with van der Waals surface area (Å²) in [6, 6.07) is 21.5. The maximum absolute atomic E-state index is 12.8. The number of fused-ring (bicyclic) bond motifs is 3. The lowest BCUT2D eigenvalue weighted by Gasteiger charge is -2.17. The van der Waals surface area contributed by atoms with Gasteiger partial charge in [0.2, 0.25) is 0 Å². The smallest absolute Gasteiger partial charge is 0.261 e. The molecule has 34 heavy (non-hydrogen) atoms. The second kappa shape index (κ2) is 7.78. The first-order valence-electron chi connectivity index (χ1n) is 11.1. The van der Waals surface area contributed by atoms with Gasteiger partial charge in [0.25, 0.3) is 11.8 Å². The first-order chi connectivity index (χ1) is 16.5. The summed E-state index contributed by atoms with van der Waals surface area (Å²) < 4.78 is 1.23. The topological polar surface area (TPSA) is 62.3 Å². The Labute approximate surface area is 200 Å². The average Bonchev–Trinajstić information content (AvgIpc) is 3.31. The summed E-state index contributed by atoms with van der Waals surface area (Å²) in [6.45, 7) is 4.39. The number of rotatable bonds is 4. The molecular formula is C28H21N3O2S. The molecule has 0 aliphatic carbocycles. The van der Waals surface area contributed by atoms with Crippen molar-refractivity contribution >= 4 is 55.5 Å². The van der Waals surface area contributed by atoms with Crippen LogP contribution in [-0.4, -0.2) is 21.7 Å². The summed E-state index contributed by atoms with van der Waals surface area (Å²) in [7, 11) is 0. The number of amides is 2. The van der Waals surface area contributed by atoms with Gasteiger partial charge in [0, 0.05) is 32.5 Å². The number of benzene rings is 3. The number of nitrogens with one attached hydrogen (secondary N) is 1. The van der Waals surface area contributed by atoms with Crippen LogP contribution in [0.1, 0.15) is 36.7 Å². The van der Waals surface area contributed by atoms with Crippen LogP contribution in [0, 0.1) is 13.8 Å². The van der Waals surface area contributed by atoms with E-state index in [0.717, 1.165) is 33.4 Å². The predicted molar refractivity (Wildman–Crippen MR) is 137 cm³/mol. The van der Waals surface area contributed by atoms with Gasteiger partial charge in [-0.1, -0.05) is 24.3 Å². The monoisotopic (exact) mass is 463 g/mol. The van der Waals surface area contributed by atoms with Gasteiger partial charge in [0.05, 0.1) is 23.2 Å². The predicted octanol–water partition coefficient (Wildman–Crippen LogP) is 6.61. The van der Waals surface area contributed by atoms with Crippen molar-refractivity contribution < 1.29 is 9.59 Å². The molecule has 5 aromatic rings. The Morgan fingerprint density at radius 1 is 0.882 bits per heavy atom. The Hall–Kier alpha value is -4.03. The molecule has 0 saturated carbocycles. The molecule has 5 nitrogen and oxygen atoms in total. The van der Waals surface area contributed by atoms with Crippen LogP contribution in [0.3, 0.4) is 0 Å². The molecule has 0 spiro atoms. The van der Waals surface area contributed by atoms with E-state index in [1.54, 1.807) is 35.6 Å². The number of hydrogen-bond acceptors (Lipinski definition) is 5. The number of carbonyl (C=O) groups is 2. The summed E-state index contributed by atoms with van der Waals surface area (Å²) in [4.78, 5) is 32.7. The Bertz CT molecular complexity index is 1600. The lowest BCUT2D eigenvalue weighted by Crippen LogP contribution is -2.29. The Balaban J connectivity index is 1.33. The van der Waals surface area contributed by atoms with Gasteiger partial charge in [-0.3, -0.25) is 19.5 Å². The van der Waals surface area contributed by atoms with Crippen molar-refractivity contribution in [2.24, 2.45) is 0 Å². The summed E-state index contributed by atoms with van der Waals surface area (Å²) in [5.41, 5.74) is 5.74. The van der Waals surface area contributed by atoms with Crippen LogP contribution >= 0.6 is 11.3 Å². The largest absolute Gasteiger partial charge is 0.355 e. The summed E-state index contributed by atoms with van der Waals surface area (Å²) in [6.07, 6.45) is 1.81. The Kier molecular flexibility index (Phi) is 4.71. The number of imide groups is 1. The van der Waals surface area contributed by atoms with Crippen LogP contribution in [-0.2, 0) is 6.54 Å². The van der Waals surface area contributed by atoms with Gasteiger partial charge in [-0.25, -0.2) is 0 Å². The van der Waals surface area contributed by atoms with Crippen molar-refractivity contribution in [3.05, 3.63) is 100 Å². The molecule has 0 fully saturated rings. The third-order valence-corrected chi connectivity index (χ3v) is 7.31. The molecule has 1 aliphatic rings. The fourth-order valence-electron chi connectivity index (χ4n) is 4.53. The van der Waals surface area contributed by atoms with Gasteiger partial charge in [0.1, 0.15) is 0 Å². The Morgan fingerprint density at radius 3 is 2.41 bits per heavy atom. The van der Waals surface area contributed by atoms with Crippen LogP contribution in [0.2, 0.25) is 0 Å². The van der Waals surface area contributed by atoms with Gasteiger partial charge < -0.3 is 5.32 Å². The molecule has 2 amide bonds. The minimum atomic E-state index is -0.244. The standard InChI is InChI=1S/C28H21N3O2S/c1-16-7-8-18(15-31-27(32)20-5-3-4-6-21(20)28(31)33)12-24(16)30-23-9-10-29-25-13-19-11-17(2)34-26(19)14-22(23)25/h3-14H,15H2,1-2H3,(H,29,30). The molecular weight excluding hydrogens is 442 g/mol. The highest BCUT2D eigenvalue weighted by Crippen LogP contribution is 2.34. The van der Waals surface area contributed by atoms with Crippen LogP contribution < -0.4 is 5.32 Å². The number of aryl methyl sites for hydroxylation is 2. The van der Waals surface area contributed by atoms with Crippen molar-refractivity contribution in [2.75, 3.05) is 5.32 Å². The first kappa shape index (κ1) is 20.6. The molecule has 0 radical (unpaired) electrons. The maximum atomic E-state index is 12.8. The number of anilines is 2. The lowest BCUT2D eigenvalue weighted by molar-refractivity contribution is 0.0642. The van der Waals surface area contributed by atoms with Gasteiger partial charge in [-0.2, -0.15) is 0 Å². The second-order valence-electron chi connectivity index (χ2n) is 8.64. The maximum Gasteiger partial charge on any atom is 0.261 e. The minimum absolute atomic E-state index is 0.230. The summed E-state index contributed by atoms with van der Waals surface area (Å²) in [5.74, 6) is -0.489. The third-order valence-electron chi connectivity index (χ3n) is 6.29.